The first-order valence-corrected chi connectivity index (χ1v) is 9.10. The molecule has 2 aromatic heterocycles. The monoisotopic (exact) mass is 389 g/mol. The molecule has 134 valence electrons. The van der Waals surface area contributed by atoms with Gasteiger partial charge in [-0.15, -0.1) is 11.3 Å². The molecule has 3 aromatic rings. The summed E-state index contributed by atoms with van der Waals surface area (Å²) in [6, 6.07) is 7.26. The second kappa shape index (κ2) is 7.67. The van der Waals surface area contributed by atoms with E-state index in [0.717, 1.165) is 11.4 Å². The molecule has 0 fully saturated rings. The van der Waals surface area contributed by atoms with Crippen molar-refractivity contribution >= 4 is 39.9 Å². The molecule has 0 bridgehead atoms. The summed E-state index contributed by atoms with van der Waals surface area (Å²) in [7, 11) is 0. The van der Waals surface area contributed by atoms with Gasteiger partial charge in [0.15, 0.2) is 5.13 Å². The summed E-state index contributed by atoms with van der Waals surface area (Å²) < 4.78 is 1.70. The molecule has 9 heteroatoms. The number of primary amides is 1. The fraction of sp³-hybridized carbons (Fsp3) is 0.176. The van der Waals surface area contributed by atoms with Gasteiger partial charge in [-0.3, -0.25) is 14.9 Å². The maximum atomic E-state index is 12.6. The number of halogens is 1. The Kier molecular flexibility index (Phi) is 5.34. The Balaban J connectivity index is 1.84. The van der Waals surface area contributed by atoms with Crippen LogP contribution in [0.2, 0.25) is 5.02 Å². The summed E-state index contributed by atoms with van der Waals surface area (Å²) in [5.41, 5.74) is 7.69. The largest absolute Gasteiger partial charge is 0.369 e. The first kappa shape index (κ1) is 18.1. The molecule has 0 saturated heterocycles. The number of nitrogens with zero attached hydrogens (tertiary/aromatic N) is 3. The van der Waals surface area contributed by atoms with Crippen molar-refractivity contribution in [2.75, 3.05) is 5.32 Å². The molecule has 0 spiro atoms. The number of hydrogen-bond donors (Lipinski definition) is 2. The van der Waals surface area contributed by atoms with E-state index in [1.54, 1.807) is 22.2 Å². The third kappa shape index (κ3) is 3.92. The van der Waals surface area contributed by atoms with Gasteiger partial charge in [-0.05, 0) is 24.6 Å². The van der Waals surface area contributed by atoms with Crippen LogP contribution >= 0.6 is 22.9 Å². The average molecular weight is 390 g/mol. The summed E-state index contributed by atoms with van der Waals surface area (Å²) >= 11 is 7.28. The molecule has 3 rings (SSSR count). The fourth-order valence-electron chi connectivity index (χ4n) is 2.52. The third-order valence-electron chi connectivity index (χ3n) is 3.63. The maximum Gasteiger partial charge on any atom is 0.260 e. The van der Waals surface area contributed by atoms with Crippen molar-refractivity contribution in [3.8, 4) is 5.69 Å². The van der Waals surface area contributed by atoms with Crippen LogP contribution in [0.4, 0.5) is 5.13 Å². The number of thiazole rings is 1. The summed E-state index contributed by atoms with van der Waals surface area (Å²) in [6.45, 7) is 1.95. The molecule has 0 unspecified atom stereocenters. The van der Waals surface area contributed by atoms with Crippen LogP contribution < -0.4 is 11.1 Å². The van der Waals surface area contributed by atoms with E-state index in [0.29, 0.717) is 27.8 Å². The summed E-state index contributed by atoms with van der Waals surface area (Å²) in [5.74, 6) is -0.778. The van der Waals surface area contributed by atoms with Gasteiger partial charge in [0, 0.05) is 10.4 Å². The van der Waals surface area contributed by atoms with E-state index in [-0.39, 0.29) is 12.3 Å². The molecule has 0 aliphatic heterocycles. The first-order valence-electron chi connectivity index (χ1n) is 7.84. The van der Waals surface area contributed by atoms with E-state index < -0.39 is 5.91 Å². The number of aromatic nitrogens is 3. The van der Waals surface area contributed by atoms with E-state index in [4.69, 9.17) is 17.3 Å². The number of benzene rings is 1. The number of nitrogens with two attached hydrogens (primary N) is 1. The smallest absolute Gasteiger partial charge is 0.260 e. The lowest BCUT2D eigenvalue weighted by atomic mass is 10.2. The highest BCUT2D eigenvalue weighted by Crippen LogP contribution is 2.21. The number of rotatable bonds is 6. The van der Waals surface area contributed by atoms with Crippen molar-refractivity contribution in [1.82, 2.24) is 14.8 Å². The van der Waals surface area contributed by atoms with E-state index in [9.17, 15) is 9.59 Å². The molecule has 0 radical (unpaired) electrons. The van der Waals surface area contributed by atoms with Crippen LogP contribution in [0.15, 0.2) is 35.8 Å². The van der Waals surface area contributed by atoms with E-state index in [2.05, 4.69) is 15.4 Å². The fourth-order valence-corrected chi connectivity index (χ4v) is 3.41. The summed E-state index contributed by atoms with van der Waals surface area (Å²) in [6.07, 6.45) is 2.17. The summed E-state index contributed by atoms with van der Waals surface area (Å²) in [5, 5.41) is 9.75. The standard InChI is InChI=1S/C17H16ClN5O2S/c1-2-14-13(8-20-23(14)12-5-3-4-10(18)6-12)16(25)22-17-21-11(9-26-17)7-15(19)24/h3-6,8-9H,2,7H2,1H3,(H2,19,24)(H,21,22,25). The number of carbonyl (C=O) groups is 2. The van der Waals surface area contributed by atoms with Gasteiger partial charge in [0.2, 0.25) is 5.91 Å². The predicted octanol–water partition coefficient (Wildman–Crippen LogP) is 2.82. The normalized spacial score (nSPS) is 10.7. The Hall–Kier alpha value is -2.71. The quantitative estimate of drug-likeness (QED) is 0.676. The number of carbonyl (C=O) groups excluding carboxylic acids is 2. The van der Waals surface area contributed by atoms with Gasteiger partial charge in [-0.25, -0.2) is 9.67 Å². The molecule has 0 aliphatic rings. The zero-order valence-corrected chi connectivity index (χ0v) is 15.5. The minimum Gasteiger partial charge on any atom is -0.369 e. The molecule has 2 amide bonds. The average Bonchev–Trinajstić information content (AvgIpc) is 3.20. The Bertz CT molecular complexity index is 966. The Morgan fingerprint density at radius 3 is 2.88 bits per heavy atom. The lowest BCUT2D eigenvalue weighted by Gasteiger charge is -2.08. The third-order valence-corrected chi connectivity index (χ3v) is 4.67. The Labute approximate surface area is 158 Å². The van der Waals surface area contributed by atoms with Crippen molar-refractivity contribution in [1.29, 1.82) is 0 Å². The zero-order chi connectivity index (χ0) is 18.7. The number of hydrogen-bond acceptors (Lipinski definition) is 5. The lowest BCUT2D eigenvalue weighted by Crippen LogP contribution is -2.15. The number of nitrogens with one attached hydrogen (secondary N) is 1. The molecule has 0 aliphatic carbocycles. The minimum absolute atomic E-state index is 0.0410. The number of anilines is 1. The second-order valence-corrected chi connectivity index (χ2v) is 6.79. The van der Waals surface area contributed by atoms with Crippen LogP contribution in [0.1, 0.15) is 28.7 Å². The van der Waals surface area contributed by atoms with Crippen molar-refractivity contribution in [3.05, 3.63) is 57.8 Å². The Morgan fingerprint density at radius 2 is 2.19 bits per heavy atom. The molecular weight excluding hydrogens is 374 g/mol. The maximum absolute atomic E-state index is 12.6. The van der Waals surface area contributed by atoms with Gasteiger partial charge in [0.1, 0.15) is 0 Å². The second-order valence-electron chi connectivity index (χ2n) is 5.49. The van der Waals surface area contributed by atoms with Gasteiger partial charge in [-0.2, -0.15) is 5.10 Å². The topological polar surface area (TPSA) is 103 Å². The van der Waals surface area contributed by atoms with E-state index >= 15 is 0 Å². The molecule has 7 nitrogen and oxygen atoms in total. The van der Waals surface area contributed by atoms with Gasteiger partial charge in [-0.1, -0.05) is 24.6 Å². The van der Waals surface area contributed by atoms with Gasteiger partial charge < -0.3 is 5.73 Å². The van der Waals surface area contributed by atoms with Crippen molar-refractivity contribution in [2.24, 2.45) is 5.73 Å². The van der Waals surface area contributed by atoms with Crippen LogP contribution in [0.25, 0.3) is 5.69 Å². The lowest BCUT2D eigenvalue weighted by molar-refractivity contribution is -0.117. The van der Waals surface area contributed by atoms with E-state index in [1.165, 1.54) is 17.5 Å². The molecule has 26 heavy (non-hydrogen) atoms. The predicted molar refractivity (Wildman–Crippen MR) is 101 cm³/mol. The first-order chi connectivity index (χ1) is 12.5. The molecule has 0 atom stereocenters. The highest BCUT2D eigenvalue weighted by Gasteiger charge is 2.18. The number of amides is 2. The van der Waals surface area contributed by atoms with Crippen LogP contribution in [-0.4, -0.2) is 26.6 Å². The van der Waals surface area contributed by atoms with Crippen molar-refractivity contribution in [2.45, 2.75) is 19.8 Å². The Morgan fingerprint density at radius 1 is 1.38 bits per heavy atom. The summed E-state index contributed by atoms with van der Waals surface area (Å²) in [4.78, 5) is 27.8. The minimum atomic E-state index is -0.468. The molecule has 2 heterocycles. The molecular formula is C17H16ClN5O2S. The van der Waals surface area contributed by atoms with Crippen LogP contribution in [-0.2, 0) is 17.6 Å². The SMILES string of the molecule is CCc1c(C(=O)Nc2nc(CC(N)=O)cs2)cnn1-c1cccc(Cl)c1. The van der Waals surface area contributed by atoms with Crippen molar-refractivity contribution < 1.29 is 9.59 Å². The van der Waals surface area contributed by atoms with Gasteiger partial charge >= 0.3 is 0 Å². The highest BCUT2D eigenvalue weighted by molar-refractivity contribution is 7.14. The molecule has 1 aromatic carbocycles. The molecule has 3 N–H and O–H groups in total. The van der Waals surface area contributed by atoms with Crippen molar-refractivity contribution in [3.63, 3.8) is 0 Å². The van der Waals surface area contributed by atoms with Crippen LogP contribution in [0.5, 0.6) is 0 Å². The van der Waals surface area contributed by atoms with Gasteiger partial charge in [0.25, 0.3) is 5.91 Å². The van der Waals surface area contributed by atoms with E-state index in [1.807, 2.05) is 19.1 Å². The zero-order valence-electron chi connectivity index (χ0n) is 13.9. The van der Waals surface area contributed by atoms with Crippen LogP contribution in [0, 0.1) is 0 Å². The van der Waals surface area contributed by atoms with Crippen LogP contribution in [0.3, 0.4) is 0 Å². The highest BCUT2D eigenvalue weighted by atomic mass is 35.5. The van der Waals surface area contributed by atoms with Gasteiger partial charge in [0.05, 0.1) is 35.3 Å². The molecule has 0 saturated carbocycles.